The van der Waals surface area contributed by atoms with E-state index in [2.05, 4.69) is 43.1 Å². The zero-order valence-corrected chi connectivity index (χ0v) is 16.1. The summed E-state index contributed by atoms with van der Waals surface area (Å²) in [5.41, 5.74) is 2.17. The molecule has 0 spiro atoms. The van der Waals surface area contributed by atoms with Gasteiger partial charge in [0.1, 0.15) is 5.76 Å². The van der Waals surface area contributed by atoms with Crippen molar-refractivity contribution in [1.29, 1.82) is 0 Å². The van der Waals surface area contributed by atoms with Crippen molar-refractivity contribution in [2.24, 2.45) is 4.99 Å². The van der Waals surface area contributed by atoms with Gasteiger partial charge in [-0.05, 0) is 34.6 Å². The smallest absolute Gasteiger partial charge is 0.194 e. The molecule has 0 radical (unpaired) electrons. The van der Waals surface area contributed by atoms with Gasteiger partial charge < -0.3 is 14.7 Å². The maximum atomic E-state index is 5.29. The van der Waals surface area contributed by atoms with Crippen LogP contribution in [0.4, 0.5) is 0 Å². The van der Waals surface area contributed by atoms with Crippen LogP contribution in [0, 0.1) is 13.8 Å². The number of hydrogen-bond acceptors (Lipinski definition) is 4. The third-order valence-corrected chi connectivity index (χ3v) is 5.45. The lowest BCUT2D eigenvalue weighted by Gasteiger charge is -2.39. The molecule has 0 bridgehead atoms. The number of hydrogen-bond donors (Lipinski definition) is 1. The molecule has 1 unspecified atom stereocenters. The third kappa shape index (κ3) is 4.66. The van der Waals surface area contributed by atoms with Gasteiger partial charge in [-0.25, -0.2) is 0 Å². The molecule has 1 aliphatic heterocycles. The van der Waals surface area contributed by atoms with Gasteiger partial charge in [0.05, 0.1) is 5.69 Å². The van der Waals surface area contributed by atoms with Crippen molar-refractivity contribution < 1.29 is 4.52 Å². The average molecular weight is 339 g/mol. The van der Waals surface area contributed by atoms with Crippen LogP contribution in [-0.2, 0) is 0 Å². The summed E-state index contributed by atoms with van der Waals surface area (Å²) in [7, 11) is 0. The molecular formula is C17H30N4OS. The SMILES string of the molecule is CCNC(=NCC(C)c1c(C)noc1C)N1CCSC(C)(C)C1. The lowest BCUT2D eigenvalue weighted by atomic mass is 10.00. The zero-order valence-electron chi connectivity index (χ0n) is 15.3. The minimum Gasteiger partial charge on any atom is -0.361 e. The van der Waals surface area contributed by atoms with Gasteiger partial charge in [-0.15, -0.1) is 0 Å². The normalized spacial score (nSPS) is 19.7. The summed E-state index contributed by atoms with van der Waals surface area (Å²) < 4.78 is 5.57. The van der Waals surface area contributed by atoms with Crippen LogP contribution in [-0.4, -0.2) is 52.7 Å². The average Bonchev–Trinajstić information content (AvgIpc) is 2.81. The second-order valence-corrected chi connectivity index (χ2v) is 8.67. The summed E-state index contributed by atoms with van der Waals surface area (Å²) in [6.45, 7) is 16.6. The highest BCUT2D eigenvalue weighted by atomic mass is 32.2. The first-order valence-corrected chi connectivity index (χ1v) is 9.42. The van der Waals surface area contributed by atoms with Gasteiger partial charge in [0.25, 0.3) is 0 Å². The van der Waals surface area contributed by atoms with Crippen molar-refractivity contribution in [1.82, 2.24) is 15.4 Å². The molecule has 1 saturated heterocycles. The Morgan fingerprint density at radius 2 is 2.22 bits per heavy atom. The fourth-order valence-corrected chi connectivity index (χ4v) is 4.24. The molecule has 130 valence electrons. The van der Waals surface area contributed by atoms with Crippen LogP contribution < -0.4 is 5.32 Å². The van der Waals surface area contributed by atoms with E-state index in [1.807, 2.05) is 25.6 Å². The molecule has 0 amide bonds. The van der Waals surface area contributed by atoms with E-state index in [1.165, 1.54) is 5.56 Å². The Labute approximate surface area is 144 Å². The number of guanidine groups is 1. The Balaban J connectivity index is 2.09. The first-order valence-electron chi connectivity index (χ1n) is 8.44. The molecular weight excluding hydrogens is 308 g/mol. The standard InChI is InChI=1S/C17H30N4OS/c1-7-18-16(21-8-9-23-17(5,6)11-21)19-10-12(2)15-13(3)20-22-14(15)4/h12H,7-11H2,1-6H3,(H,18,19). The molecule has 6 heteroatoms. The minimum absolute atomic E-state index is 0.279. The lowest BCUT2D eigenvalue weighted by molar-refractivity contribution is 0.375. The molecule has 0 aliphatic carbocycles. The van der Waals surface area contributed by atoms with Crippen LogP contribution in [0.1, 0.15) is 50.6 Å². The first-order chi connectivity index (χ1) is 10.8. The number of rotatable bonds is 4. The third-order valence-electron chi connectivity index (χ3n) is 4.16. The second kappa shape index (κ2) is 7.60. The van der Waals surface area contributed by atoms with Gasteiger partial charge in [-0.1, -0.05) is 12.1 Å². The molecule has 5 nitrogen and oxygen atoms in total. The summed E-state index contributed by atoms with van der Waals surface area (Å²) in [6.07, 6.45) is 0. The van der Waals surface area contributed by atoms with Crippen molar-refractivity contribution >= 4 is 17.7 Å². The Hall–Kier alpha value is -1.17. The highest BCUT2D eigenvalue weighted by molar-refractivity contribution is 8.00. The van der Waals surface area contributed by atoms with Crippen LogP contribution in [0.25, 0.3) is 0 Å². The Bertz CT molecular complexity index is 533. The van der Waals surface area contributed by atoms with Crippen molar-refractivity contribution in [2.75, 3.05) is 31.9 Å². The molecule has 2 heterocycles. The molecule has 2 rings (SSSR count). The van der Waals surface area contributed by atoms with Gasteiger partial charge in [-0.3, -0.25) is 4.99 Å². The highest BCUT2D eigenvalue weighted by Crippen LogP contribution is 2.29. The van der Waals surface area contributed by atoms with Crippen molar-refractivity contribution in [2.45, 2.75) is 52.2 Å². The quantitative estimate of drug-likeness (QED) is 0.675. The number of aromatic nitrogens is 1. The van der Waals surface area contributed by atoms with Crippen LogP contribution in [0.5, 0.6) is 0 Å². The summed E-state index contributed by atoms with van der Waals surface area (Å²) in [5.74, 6) is 3.39. The molecule has 1 N–H and O–H groups in total. The molecule has 1 aromatic heterocycles. The summed E-state index contributed by atoms with van der Waals surface area (Å²) in [6, 6.07) is 0. The molecule has 0 saturated carbocycles. The Kier molecular flexibility index (Phi) is 6.00. The lowest BCUT2D eigenvalue weighted by Crippen LogP contribution is -2.51. The molecule has 1 fully saturated rings. The number of aliphatic imine (C=N–C) groups is 1. The highest BCUT2D eigenvalue weighted by Gasteiger charge is 2.28. The van der Waals surface area contributed by atoms with E-state index in [9.17, 15) is 0 Å². The predicted molar refractivity (Wildman–Crippen MR) is 98.5 cm³/mol. The summed E-state index contributed by atoms with van der Waals surface area (Å²) >= 11 is 2.04. The van der Waals surface area contributed by atoms with Crippen molar-refractivity contribution in [3.63, 3.8) is 0 Å². The number of thioether (sulfide) groups is 1. The molecule has 23 heavy (non-hydrogen) atoms. The molecule has 0 aromatic carbocycles. The predicted octanol–water partition coefficient (Wildman–Crippen LogP) is 3.19. The Morgan fingerprint density at radius 1 is 1.48 bits per heavy atom. The second-order valence-electron chi connectivity index (χ2n) is 6.86. The van der Waals surface area contributed by atoms with Gasteiger partial charge in [0.15, 0.2) is 5.96 Å². The number of aryl methyl sites for hydroxylation is 2. The van der Waals surface area contributed by atoms with Gasteiger partial charge >= 0.3 is 0 Å². The summed E-state index contributed by atoms with van der Waals surface area (Å²) in [4.78, 5) is 7.28. The van der Waals surface area contributed by atoms with E-state index in [0.717, 1.165) is 49.3 Å². The van der Waals surface area contributed by atoms with Crippen molar-refractivity contribution in [3.05, 3.63) is 17.0 Å². The van der Waals surface area contributed by atoms with E-state index in [-0.39, 0.29) is 4.75 Å². The van der Waals surface area contributed by atoms with Crippen molar-refractivity contribution in [3.8, 4) is 0 Å². The maximum Gasteiger partial charge on any atom is 0.194 e. The van der Waals surface area contributed by atoms with E-state index in [0.29, 0.717) is 5.92 Å². The number of nitrogens with zero attached hydrogens (tertiary/aromatic N) is 3. The Morgan fingerprint density at radius 3 is 2.78 bits per heavy atom. The topological polar surface area (TPSA) is 53.7 Å². The fourth-order valence-electron chi connectivity index (χ4n) is 3.13. The molecule has 1 aromatic rings. The van der Waals surface area contributed by atoms with Crippen LogP contribution in [0.15, 0.2) is 9.52 Å². The molecule has 1 atom stereocenters. The number of nitrogens with one attached hydrogen (secondary N) is 1. The van der Waals surface area contributed by atoms with Gasteiger partial charge in [-0.2, -0.15) is 11.8 Å². The summed E-state index contributed by atoms with van der Waals surface area (Å²) in [5, 5.41) is 7.50. The maximum absolute atomic E-state index is 5.29. The zero-order chi connectivity index (χ0) is 17.0. The van der Waals surface area contributed by atoms with Crippen LogP contribution >= 0.6 is 11.8 Å². The van der Waals surface area contributed by atoms with E-state index in [1.54, 1.807) is 0 Å². The van der Waals surface area contributed by atoms with E-state index < -0.39 is 0 Å². The monoisotopic (exact) mass is 338 g/mol. The van der Waals surface area contributed by atoms with E-state index in [4.69, 9.17) is 9.52 Å². The van der Waals surface area contributed by atoms with Crippen LogP contribution in [0.3, 0.4) is 0 Å². The first kappa shape index (κ1) is 18.2. The molecule has 1 aliphatic rings. The fraction of sp³-hybridized carbons (Fsp3) is 0.765. The van der Waals surface area contributed by atoms with Crippen LogP contribution in [0.2, 0.25) is 0 Å². The van der Waals surface area contributed by atoms with E-state index >= 15 is 0 Å². The minimum atomic E-state index is 0.279. The van der Waals surface area contributed by atoms with Gasteiger partial charge in [0, 0.05) is 48.2 Å². The largest absolute Gasteiger partial charge is 0.361 e. The van der Waals surface area contributed by atoms with Gasteiger partial charge in [0.2, 0.25) is 0 Å².